The van der Waals surface area contributed by atoms with Gasteiger partial charge in [0.15, 0.2) is 0 Å². The first-order chi connectivity index (χ1) is 12.0. The van der Waals surface area contributed by atoms with Crippen LogP contribution in [0.25, 0.3) is 0 Å². The van der Waals surface area contributed by atoms with Gasteiger partial charge in [-0.1, -0.05) is 6.07 Å². The van der Waals surface area contributed by atoms with E-state index in [-0.39, 0.29) is 11.7 Å². The Bertz CT molecular complexity index is 629. The van der Waals surface area contributed by atoms with Gasteiger partial charge in [-0.05, 0) is 38.6 Å². The van der Waals surface area contributed by atoms with Gasteiger partial charge in [-0.3, -0.25) is 15.0 Å². The lowest BCUT2D eigenvalue weighted by Crippen LogP contribution is -2.56. The Labute approximate surface area is 148 Å². The minimum Gasteiger partial charge on any atom is -0.364 e. The van der Waals surface area contributed by atoms with Crippen molar-refractivity contribution in [2.75, 3.05) is 51.6 Å². The van der Waals surface area contributed by atoms with Gasteiger partial charge in [-0.2, -0.15) is 0 Å². The number of urea groups is 1. The monoisotopic (exact) mass is 346 g/mol. The minimum absolute atomic E-state index is 0.143. The number of aromatic nitrogens is 1. The molecule has 0 aromatic carbocycles. The summed E-state index contributed by atoms with van der Waals surface area (Å²) in [4.78, 5) is 34.3. The smallest absolute Gasteiger partial charge is 0.323 e. The molecular weight excluding hydrogens is 320 g/mol. The second kappa shape index (κ2) is 7.79. The molecule has 136 valence electrons. The average molecular weight is 346 g/mol. The van der Waals surface area contributed by atoms with Gasteiger partial charge in [0.25, 0.3) is 5.91 Å². The molecule has 0 aliphatic carbocycles. The largest absolute Gasteiger partial charge is 0.364 e. The SMILES string of the molecule is CN1CCCC(N2CCN(C(=O)Nc3cccc(C(N)=O)n3)CC2)C1. The molecule has 3 heterocycles. The van der Waals surface area contributed by atoms with Crippen molar-refractivity contribution < 1.29 is 9.59 Å². The molecule has 0 radical (unpaired) electrons. The van der Waals surface area contributed by atoms with Gasteiger partial charge >= 0.3 is 6.03 Å². The summed E-state index contributed by atoms with van der Waals surface area (Å²) in [5.41, 5.74) is 5.36. The van der Waals surface area contributed by atoms with E-state index < -0.39 is 5.91 Å². The highest BCUT2D eigenvalue weighted by atomic mass is 16.2. The van der Waals surface area contributed by atoms with Crippen LogP contribution in [0.2, 0.25) is 0 Å². The van der Waals surface area contributed by atoms with Crippen LogP contribution in [0.4, 0.5) is 10.6 Å². The van der Waals surface area contributed by atoms with E-state index in [1.807, 2.05) is 0 Å². The number of anilines is 1. The third-order valence-corrected chi connectivity index (χ3v) is 4.95. The van der Waals surface area contributed by atoms with Crippen LogP contribution in [0.3, 0.4) is 0 Å². The fraction of sp³-hybridized carbons (Fsp3) is 0.588. The van der Waals surface area contributed by atoms with E-state index in [4.69, 9.17) is 5.73 Å². The number of hydrogen-bond donors (Lipinski definition) is 2. The number of piperidine rings is 1. The minimum atomic E-state index is -0.609. The van der Waals surface area contributed by atoms with Crippen LogP contribution in [0, 0.1) is 0 Å². The van der Waals surface area contributed by atoms with Gasteiger partial charge in [0.05, 0.1) is 0 Å². The van der Waals surface area contributed by atoms with Gasteiger partial charge in [-0.25, -0.2) is 9.78 Å². The molecule has 0 saturated carbocycles. The summed E-state index contributed by atoms with van der Waals surface area (Å²) < 4.78 is 0. The number of rotatable bonds is 3. The number of carbonyl (C=O) groups excluding carboxylic acids is 2. The molecule has 0 bridgehead atoms. The Morgan fingerprint density at radius 1 is 1.20 bits per heavy atom. The quantitative estimate of drug-likeness (QED) is 0.827. The molecule has 0 spiro atoms. The van der Waals surface area contributed by atoms with Crippen LogP contribution in [0.15, 0.2) is 18.2 Å². The molecule has 8 nitrogen and oxygen atoms in total. The normalized spacial score (nSPS) is 22.6. The Hall–Kier alpha value is -2.19. The van der Waals surface area contributed by atoms with Gasteiger partial charge in [0.1, 0.15) is 11.5 Å². The molecule has 3 amide bonds. The Morgan fingerprint density at radius 3 is 2.64 bits per heavy atom. The molecule has 25 heavy (non-hydrogen) atoms. The summed E-state index contributed by atoms with van der Waals surface area (Å²) in [6, 6.07) is 5.24. The molecule has 1 aromatic heterocycles. The maximum absolute atomic E-state index is 12.4. The molecule has 1 unspecified atom stereocenters. The van der Waals surface area contributed by atoms with Crippen LogP contribution in [-0.2, 0) is 0 Å². The second-order valence-electron chi connectivity index (χ2n) is 6.78. The van der Waals surface area contributed by atoms with Gasteiger partial charge in [0, 0.05) is 38.8 Å². The van der Waals surface area contributed by atoms with E-state index >= 15 is 0 Å². The third kappa shape index (κ3) is 4.46. The zero-order valence-electron chi connectivity index (χ0n) is 14.6. The molecule has 2 saturated heterocycles. The van der Waals surface area contributed by atoms with Crippen LogP contribution in [0.1, 0.15) is 23.3 Å². The number of primary amides is 1. The predicted octanol–water partition coefficient (Wildman–Crippen LogP) is 0.424. The van der Waals surface area contributed by atoms with Crippen molar-refractivity contribution in [2.45, 2.75) is 18.9 Å². The molecule has 8 heteroatoms. The number of likely N-dealkylation sites (tertiary alicyclic amines) is 1. The number of nitrogens with zero attached hydrogens (tertiary/aromatic N) is 4. The van der Waals surface area contributed by atoms with Crippen molar-refractivity contribution in [1.82, 2.24) is 19.7 Å². The highest BCUT2D eigenvalue weighted by molar-refractivity contribution is 5.92. The van der Waals surface area contributed by atoms with Crippen molar-refractivity contribution in [3.05, 3.63) is 23.9 Å². The molecule has 3 rings (SSSR count). The van der Waals surface area contributed by atoms with E-state index in [9.17, 15) is 9.59 Å². The molecule has 2 fully saturated rings. The van der Waals surface area contributed by atoms with Crippen LogP contribution >= 0.6 is 0 Å². The maximum atomic E-state index is 12.4. The molecule has 1 aromatic rings. The lowest BCUT2D eigenvalue weighted by molar-refractivity contribution is 0.0717. The van der Waals surface area contributed by atoms with Crippen LogP contribution in [0.5, 0.6) is 0 Å². The fourth-order valence-corrected chi connectivity index (χ4v) is 3.56. The van der Waals surface area contributed by atoms with E-state index in [1.54, 1.807) is 17.0 Å². The van der Waals surface area contributed by atoms with Gasteiger partial charge in [0.2, 0.25) is 0 Å². The topological polar surface area (TPSA) is 94.8 Å². The molecule has 1 atom stereocenters. The third-order valence-electron chi connectivity index (χ3n) is 4.95. The number of nitrogens with one attached hydrogen (secondary N) is 1. The van der Waals surface area contributed by atoms with Crippen LogP contribution < -0.4 is 11.1 Å². The molecular formula is C17H26N6O2. The summed E-state index contributed by atoms with van der Waals surface area (Å²) in [7, 11) is 2.17. The highest BCUT2D eigenvalue weighted by Crippen LogP contribution is 2.17. The Kier molecular flexibility index (Phi) is 5.50. The number of likely N-dealkylation sites (N-methyl/N-ethyl adjacent to an activating group) is 1. The summed E-state index contributed by atoms with van der Waals surface area (Å²) in [5.74, 6) is -0.264. The van der Waals surface area contributed by atoms with Gasteiger partial charge in [-0.15, -0.1) is 0 Å². The van der Waals surface area contributed by atoms with Crippen molar-refractivity contribution in [2.24, 2.45) is 5.73 Å². The van der Waals surface area contributed by atoms with Crippen molar-refractivity contribution >= 4 is 17.8 Å². The fourth-order valence-electron chi connectivity index (χ4n) is 3.56. The number of pyridine rings is 1. The van der Waals surface area contributed by atoms with Crippen LogP contribution in [-0.4, -0.2) is 84.0 Å². The lowest BCUT2D eigenvalue weighted by atomic mass is 10.0. The number of hydrogen-bond acceptors (Lipinski definition) is 5. The summed E-state index contributed by atoms with van der Waals surface area (Å²) >= 11 is 0. The van der Waals surface area contributed by atoms with Crippen molar-refractivity contribution in [3.8, 4) is 0 Å². The zero-order chi connectivity index (χ0) is 17.8. The number of piperazine rings is 1. The lowest BCUT2D eigenvalue weighted by Gasteiger charge is -2.42. The summed E-state index contributed by atoms with van der Waals surface area (Å²) in [5, 5.41) is 2.75. The van der Waals surface area contributed by atoms with E-state index in [1.165, 1.54) is 25.5 Å². The second-order valence-corrected chi connectivity index (χ2v) is 6.78. The van der Waals surface area contributed by atoms with Crippen molar-refractivity contribution in [1.29, 1.82) is 0 Å². The first kappa shape index (κ1) is 17.6. The average Bonchev–Trinajstić information content (AvgIpc) is 2.62. The summed E-state index contributed by atoms with van der Waals surface area (Å²) in [6.07, 6.45) is 2.48. The maximum Gasteiger partial charge on any atom is 0.323 e. The van der Waals surface area contributed by atoms with Gasteiger partial charge < -0.3 is 15.5 Å². The molecule has 3 N–H and O–H groups in total. The number of nitrogens with two attached hydrogens (primary N) is 1. The molecule has 2 aliphatic rings. The number of carbonyl (C=O) groups is 2. The van der Waals surface area contributed by atoms with Crippen molar-refractivity contribution in [3.63, 3.8) is 0 Å². The highest BCUT2D eigenvalue weighted by Gasteiger charge is 2.28. The van der Waals surface area contributed by atoms with E-state index in [2.05, 4.69) is 27.1 Å². The zero-order valence-corrected chi connectivity index (χ0v) is 14.6. The predicted molar refractivity (Wildman–Crippen MR) is 95.4 cm³/mol. The summed E-state index contributed by atoms with van der Waals surface area (Å²) in [6.45, 7) is 5.46. The van der Waals surface area contributed by atoms with E-state index in [0.717, 1.165) is 19.6 Å². The first-order valence-electron chi connectivity index (χ1n) is 8.78. The van der Waals surface area contributed by atoms with E-state index in [0.29, 0.717) is 24.9 Å². The Balaban J connectivity index is 1.51. The Morgan fingerprint density at radius 2 is 1.96 bits per heavy atom. The molecule has 2 aliphatic heterocycles. The number of amides is 3. The first-order valence-corrected chi connectivity index (χ1v) is 8.78. The standard InChI is InChI=1S/C17H26N6O2/c1-21-7-3-4-13(12-21)22-8-10-23(11-9-22)17(25)20-15-6-2-5-14(19-15)16(18)24/h2,5-6,13H,3-4,7-12H2,1H3,(H2,18,24)(H,19,20,25).